The zero-order chi connectivity index (χ0) is 37.5. The highest BCUT2D eigenvalue weighted by molar-refractivity contribution is 7.26. The number of aromatic nitrogens is 4. The van der Waals surface area contributed by atoms with Crippen LogP contribution in [-0.4, -0.2) is 19.1 Å². The van der Waals surface area contributed by atoms with Gasteiger partial charge in [-0.2, -0.15) is 0 Å². The van der Waals surface area contributed by atoms with Crippen LogP contribution in [0.4, 0.5) is 0 Å². The van der Waals surface area contributed by atoms with Crippen molar-refractivity contribution in [2.75, 3.05) is 0 Å². The molecule has 0 aliphatic carbocycles. The van der Waals surface area contributed by atoms with E-state index in [1.54, 1.807) is 0 Å². The van der Waals surface area contributed by atoms with Crippen LogP contribution < -0.4 is 0 Å². The third kappa shape index (κ3) is 4.86. The molecule has 0 fully saturated rings. The number of hydrogen-bond donors (Lipinski definition) is 0. The Labute approximate surface area is 332 Å². The van der Waals surface area contributed by atoms with E-state index in [0.717, 1.165) is 61.5 Å². The number of nitrogens with zero attached hydrogens (tertiary/aromatic N) is 4. The van der Waals surface area contributed by atoms with Gasteiger partial charge in [-0.15, -0.1) is 11.3 Å². The van der Waals surface area contributed by atoms with Crippen LogP contribution >= 0.6 is 11.3 Å². The van der Waals surface area contributed by atoms with Crippen molar-refractivity contribution in [1.82, 2.24) is 19.1 Å². The number of hydrogen-bond acceptors (Lipinski definition) is 3. The van der Waals surface area contributed by atoms with E-state index in [4.69, 9.17) is 9.97 Å². The lowest BCUT2D eigenvalue weighted by molar-refractivity contribution is 1.14. The second kappa shape index (κ2) is 12.6. The maximum Gasteiger partial charge on any atom is 0.162 e. The molecule has 0 amide bonds. The molecule has 0 saturated carbocycles. The van der Waals surface area contributed by atoms with Crippen LogP contribution in [0.25, 0.3) is 109 Å². The number of benzene rings is 8. The first-order valence-electron chi connectivity index (χ1n) is 19.3. The third-order valence-corrected chi connectivity index (χ3v) is 12.5. The summed E-state index contributed by atoms with van der Waals surface area (Å²) in [5.74, 6) is 0.672. The summed E-state index contributed by atoms with van der Waals surface area (Å²) < 4.78 is 7.38. The van der Waals surface area contributed by atoms with Crippen molar-refractivity contribution in [1.29, 1.82) is 0 Å². The van der Waals surface area contributed by atoms with Crippen LogP contribution in [0.15, 0.2) is 194 Å². The topological polar surface area (TPSA) is 35.6 Å². The molecule has 4 nitrogen and oxygen atoms in total. The van der Waals surface area contributed by atoms with Crippen LogP contribution in [0.2, 0.25) is 0 Å². The van der Waals surface area contributed by atoms with Crippen molar-refractivity contribution in [2.45, 2.75) is 0 Å². The summed E-state index contributed by atoms with van der Waals surface area (Å²) in [6.45, 7) is 0. The largest absolute Gasteiger partial charge is 0.308 e. The molecule has 0 aliphatic heterocycles. The van der Waals surface area contributed by atoms with Crippen molar-refractivity contribution in [3.05, 3.63) is 194 Å². The lowest BCUT2D eigenvalue weighted by atomic mass is 10.0. The molecule has 0 aliphatic rings. The van der Waals surface area contributed by atoms with Crippen molar-refractivity contribution in [3.8, 4) is 45.3 Å². The number of thiophene rings is 1. The van der Waals surface area contributed by atoms with Gasteiger partial charge in [-0.3, -0.25) is 0 Å². The van der Waals surface area contributed by atoms with Crippen LogP contribution in [0.5, 0.6) is 0 Å². The Morgan fingerprint density at radius 1 is 0.386 bits per heavy atom. The molecule has 0 atom stereocenters. The fourth-order valence-electron chi connectivity index (χ4n) is 8.86. The molecule has 266 valence electrons. The maximum absolute atomic E-state index is 5.52. The number of rotatable bonds is 5. The van der Waals surface area contributed by atoms with Crippen LogP contribution in [0.1, 0.15) is 0 Å². The van der Waals surface area contributed by atoms with Gasteiger partial charge >= 0.3 is 0 Å². The standard InChI is InChI=1S/C52H32N4S/c1-3-17-33(18-4-1)41-32-42(34-19-5-2-6-20-34)54-52(53-41)40-31-47(55-43-26-12-7-21-35(43)36-22-8-13-27-44(36)55)51-49(39-25-11-16-30-48(39)57-51)50(40)56-45-28-14-9-23-37(45)38-24-10-15-29-46(38)56/h1-32H. The maximum atomic E-state index is 5.52. The summed E-state index contributed by atoms with van der Waals surface area (Å²) in [5, 5.41) is 7.27. The summed E-state index contributed by atoms with van der Waals surface area (Å²) in [4.78, 5) is 11.0. The van der Waals surface area contributed by atoms with E-state index in [-0.39, 0.29) is 0 Å². The lowest BCUT2D eigenvalue weighted by Crippen LogP contribution is -2.05. The molecule has 8 aromatic carbocycles. The number of fused-ring (bicyclic) bond motifs is 9. The SMILES string of the molecule is c1ccc(-c2cc(-c3ccccc3)nc(-c3cc(-n4c5ccccc5c5ccccc54)c4sc5ccccc5c4c3-n3c4ccccc4c4ccccc43)n2)cc1. The van der Waals surface area contributed by atoms with E-state index in [1.165, 1.54) is 41.7 Å². The van der Waals surface area contributed by atoms with Crippen LogP contribution in [-0.2, 0) is 0 Å². The van der Waals surface area contributed by atoms with Gasteiger partial charge in [-0.1, -0.05) is 152 Å². The zero-order valence-corrected chi connectivity index (χ0v) is 31.5. The first kappa shape index (κ1) is 32.0. The molecule has 0 bridgehead atoms. The van der Waals surface area contributed by atoms with Gasteiger partial charge in [0, 0.05) is 53.7 Å². The minimum absolute atomic E-state index is 0.672. The van der Waals surface area contributed by atoms with Gasteiger partial charge in [0.25, 0.3) is 0 Å². The predicted octanol–water partition coefficient (Wildman–Crippen LogP) is 14.0. The van der Waals surface area contributed by atoms with E-state index in [0.29, 0.717) is 5.82 Å². The third-order valence-electron chi connectivity index (χ3n) is 11.3. The molecule has 0 spiro atoms. The van der Waals surface area contributed by atoms with E-state index in [9.17, 15) is 0 Å². The Hall–Kier alpha value is -7.34. The van der Waals surface area contributed by atoms with Crippen LogP contribution in [0.3, 0.4) is 0 Å². The van der Waals surface area contributed by atoms with Gasteiger partial charge in [-0.25, -0.2) is 9.97 Å². The highest BCUT2D eigenvalue weighted by Crippen LogP contribution is 2.49. The average Bonchev–Trinajstić information content (AvgIpc) is 3.95. The molecule has 5 heteroatoms. The summed E-state index contributed by atoms with van der Waals surface area (Å²) in [5.41, 5.74) is 11.6. The molecular weight excluding hydrogens is 713 g/mol. The molecule has 0 saturated heterocycles. The fraction of sp³-hybridized carbons (Fsp3) is 0. The smallest absolute Gasteiger partial charge is 0.162 e. The molecule has 4 heterocycles. The highest BCUT2D eigenvalue weighted by atomic mass is 32.1. The van der Waals surface area contributed by atoms with Gasteiger partial charge in [0.05, 0.1) is 49.5 Å². The van der Waals surface area contributed by atoms with Crippen LogP contribution in [0, 0.1) is 0 Å². The molecule has 0 unspecified atom stereocenters. The van der Waals surface area contributed by atoms with Crippen molar-refractivity contribution >= 4 is 75.1 Å². The molecule has 0 N–H and O–H groups in total. The zero-order valence-electron chi connectivity index (χ0n) is 30.7. The minimum Gasteiger partial charge on any atom is -0.308 e. The monoisotopic (exact) mass is 744 g/mol. The predicted molar refractivity (Wildman–Crippen MR) is 240 cm³/mol. The van der Waals surface area contributed by atoms with Gasteiger partial charge < -0.3 is 9.13 Å². The van der Waals surface area contributed by atoms with Gasteiger partial charge in [0.2, 0.25) is 0 Å². The Morgan fingerprint density at radius 2 is 0.807 bits per heavy atom. The highest BCUT2D eigenvalue weighted by Gasteiger charge is 2.27. The second-order valence-corrected chi connectivity index (χ2v) is 15.6. The Kier molecular flexibility index (Phi) is 7.06. The van der Waals surface area contributed by atoms with E-state index in [1.807, 2.05) is 11.3 Å². The van der Waals surface area contributed by atoms with E-state index in [2.05, 4.69) is 203 Å². The second-order valence-electron chi connectivity index (χ2n) is 14.5. The molecule has 4 aromatic heterocycles. The Morgan fingerprint density at radius 3 is 1.32 bits per heavy atom. The van der Waals surface area contributed by atoms with E-state index >= 15 is 0 Å². The first-order valence-corrected chi connectivity index (χ1v) is 20.1. The lowest BCUT2D eigenvalue weighted by Gasteiger charge is -2.20. The summed E-state index contributed by atoms with van der Waals surface area (Å²) in [6.07, 6.45) is 0. The quantitative estimate of drug-likeness (QED) is 0.176. The normalized spacial score (nSPS) is 11.9. The Balaban J connectivity index is 1.32. The van der Waals surface area contributed by atoms with Gasteiger partial charge in [-0.05, 0) is 42.5 Å². The average molecular weight is 745 g/mol. The van der Waals surface area contributed by atoms with Crippen molar-refractivity contribution < 1.29 is 0 Å². The molecular formula is C52H32N4S. The summed E-state index contributed by atoms with van der Waals surface area (Å²) >= 11 is 1.85. The molecule has 12 aromatic rings. The van der Waals surface area contributed by atoms with Crippen molar-refractivity contribution in [2.24, 2.45) is 0 Å². The Bertz CT molecular complexity index is 3360. The van der Waals surface area contributed by atoms with E-state index < -0.39 is 0 Å². The molecule has 0 radical (unpaired) electrons. The molecule has 12 rings (SSSR count). The summed E-state index contributed by atoms with van der Waals surface area (Å²) in [6, 6.07) is 69.4. The number of para-hydroxylation sites is 4. The molecule has 57 heavy (non-hydrogen) atoms. The van der Waals surface area contributed by atoms with Gasteiger partial charge in [0.1, 0.15) is 0 Å². The van der Waals surface area contributed by atoms with Crippen molar-refractivity contribution in [3.63, 3.8) is 0 Å². The van der Waals surface area contributed by atoms with Gasteiger partial charge in [0.15, 0.2) is 5.82 Å². The summed E-state index contributed by atoms with van der Waals surface area (Å²) in [7, 11) is 0. The minimum atomic E-state index is 0.672. The fourth-order valence-corrected chi connectivity index (χ4v) is 10.1. The first-order chi connectivity index (χ1) is 28.3.